The van der Waals surface area contributed by atoms with Crippen molar-refractivity contribution in [1.82, 2.24) is 0 Å². The lowest BCUT2D eigenvalue weighted by Gasteiger charge is -2.03. The van der Waals surface area contributed by atoms with Gasteiger partial charge in [-0.2, -0.15) is 0 Å². The van der Waals surface area contributed by atoms with Crippen molar-refractivity contribution in [2.24, 2.45) is 0 Å². The number of anilines is 1. The molecule has 1 rings (SSSR count). The van der Waals surface area contributed by atoms with E-state index in [1.807, 2.05) is 0 Å². The van der Waals surface area contributed by atoms with Crippen molar-refractivity contribution < 1.29 is 19.4 Å². The Morgan fingerprint density at radius 3 is 2.93 bits per heavy atom. The number of carbonyl (C=O) groups excluding carboxylic acids is 1. The Morgan fingerprint density at radius 1 is 1.64 bits per heavy atom. The highest BCUT2D eigenvalue weighted by atomic mass is 32.1. The maximum absolute atomic E-state index is 11.0. The molecule has 6 heteroatoms. The van der Waals surface area contributed by atoms with E-state index in [-0.39, 0.29) is 17.2 Å². The molecule has 1 amide bonds. The number of amides is 1. The third-order valence-corrected chi connectivity index (χ3v) is 2.22. The van der Waals surface area contributed by atoms with Gasteiger partial charge in [-0.3, -0.25) is 5.32 Å². The standard InChI is InChI=1S/C8H9NO4S/c1-2-13-8(12)9-6-5(7(10)11)3-4-14-6/h3-4H,2H2,1H3,(H,9,12)(H,10,11). The molecule has 0 saturated heterocycles. The van der Waals surface area contributed by atoms with Crippen molar-refractivity contribution >= 4 is 28.4 Å². The summed E-state index contributed by atoms with van der Waals surface area (Å²) in [5.41, 5.74) is 0.0723. The Balaban J connectivity index is 2.71. The molecule has 0 unspecified atom stereocenters. The smallest absolute Gasteiger partial charge is 0.412 e. The number of hydrogen-bond acceptors (Lipinski definition) is 4. The van der Waals surface area contributed by atoms with E-state index in [0.717, 1.165) is 11.3 Å². The lowest BCUT2D eigenvalue weighted by molar-refractivity contribution is 0.0698. The molecule has 1 aromatic heterocycles. The van der Waals surface area contributed by atoms with E-state index in [1.165, 1.54) is 6.07 Å². The second-order valence-electron chi connectivity index (χ2n) is 2.31. The third kappa shape index (κ3) is 2.46. The highest BCUT2D eigenvalue weighted by molar-refractivity contribution is 7.14. The molecule has 14 heavy (non-hydrogen) atoms. The molecule has 0 aliphatic heterocycles. The molecule has 5 nitrogen and oxygen atoms in total. The predicted octanol–water partition coefficient (Wildman–Crippen LogP) is 2.01. The van der Waals surface area contributed by atoms with Gasteiger partial charge in [0.25, 0.3) is 0 Å². The number of carboxylic acid groups (broad SMARTS) is 1. The Bertz CT molecular complexity index is 347. The fourth-order valence-electron chi connectivity index (χ4n) is 0.834. The molecule has 0 bridgehead atoms. The number of hydrogen-bond donors (Lipinski definition) is 2. The van der Waals surface area contributed by atoms with Crippen molar-refractivity contribution in [3.63, 3.8) is 0 Å². The molecule has 0 spiro atoms. The third-order valence-electron chi connectivity index (χ3n) is 1.39. The zero-order chi connectivity index (χ0) is 10.6. The molecular formula is C8H9NO4S. The monoisotopic (exact) mass is 215 g/mol. The quantitative estimate of drug-likeness (QED) is 0.808. The van der Waals surface area contributed by atoms with Crippen LogP contribution in [0.2, 0.25) is 0 Å². The number of thiophene rings is 1. The SMILES string of the molecule is CCOC(=O)Nc1sccc1C(=O)O. The molecule has 0 saturated carbocycles. The average molecular weight is 215 g/mol. The van der Waals surface area contributed by atoms with E-state index in [2.05, 4.69) is 10.1 Å². The number of aromatic carboxylic acids is 1. The first-order valence-electron chi connectivity index (χ1n) is 3.89. The van der Waals surface area contributed by atoms with Crippen molar-refractivity contribution in [2.75, 3.05) is 11.9 Å². The molecule has 0 fully saturated rings. The Kier molecular flexibility index (Phi) is 3.47. The van der Waals surface area contributed by atoms with E-state index in [4.69, 9.17) is 5.11 Å². The van der Waals surface area contributed by atoms with Crippen molar-refractivity contribution in [3.05, 3.63) is 17.0 Å². The van der Waals surface area contributed by atoms with E-state index >= 15 is 0 Å². The maximum atomic E-state index is 11.0. The van der Waals surface area contributed by atoms with E-state index < -0.39 is 12.1 Å². The summed E-state index contributed by atoms with van der Waals surface area (Å²) >= 11 is 1.14. The van der Waals surface area contributed by atoms with Gasteiger partial charge in [-0.25, -0.2) is 9.59 Å². The molecule has 0 aromatic carbocycles. The number of rotatable bonds is 3. The molecular weight excluding hydrogens is 206 g/mol. The second kappa shape index (κ2) is 4.61. The summed E-state index contributed by atoms with van der Waals surface area (Å²) in [5.74, 6) is -1.07. The van der Waals surface area contributed by atoms with Crippen LogP contribution in [0.15, 0.2) is 11.4 Å². The number of carbonyl (C=O) groups is 2. The highest BCUT2D eigenvalue weighted by Gasteiger charge is 2.13. The van der Waals surface area contributed by atoms with Gasteiger partial charge >= 0.3 is 12.1 Å². The second-order valence-corrected chi connectivity index (χ2v) is 3.23. The summed E-state index contributed by atoms with van der Waals surface area (Å²) in [7, 11) is 0. The summed E-state index contributed by atoms with van der Waals surface area (Å²) in [6.45, 7) is 1.92. The van der Waals surface area contributed by atoms with Gasteiger partial charge < -0.3 is 9.84 Å². The van der Waals surface area contributed by atoms with Crippen LogP contribution in [0, 0.1) is 0 Å². The molecule has 0 radical (unpaired) electrons. The molecule has 76 valence electrons. The summed E-state index contributed by atoms with van der Waals surface area (Å²) in [6.07, 6.45) is -0.641. The molecule has 1 aromatic rings. The van der Waals surface area contributed by atoms with Crippen molar-refractivity contribution in [3.8, 4) is 0 Å². The first-order valence-corrected chi connectivity index (χ1v) is 4.77. The summed E-state index contributed by atoms with van der Waals surface area (Å²) in [5, 5.41) is 12.9. The zero-order valence-electron chi connectivity index (χ0n) is 7.44. The zero-order valence-corrected chi connectivity index (χ0v) is 8.26. The van der Waals surface area contributed by atoms with Crippen LogP contribution >= 0.6 is 11.3 Å². The minimum atomic E-state index is -1.07. The van der Waals surface area contributed by atoms with Gasteiger partial charge in [0.15, 0.2) is 0 Å². The fraction of sp³-hybridized carbons (Fsp3) is 0.250. The molecule has 1 heterocycles. The molecule has 0 atom stereocenters. The van der Waals surface area contributed by atoms with Crippen LogP contribution in [0.5, 0.6) is 0 Å². The van der Waals surface area contributed by atoms with Crippen LogP contribution in [0.25, 0.3) is 0 Å². The number of ether oxygens (including phenoxy) is 1. The van der Waals surface area contributed by atoms with Crippen molar-refractivity contribution in [2.45, 2.75) is 6.92 Å². The van der Waals surface area contributed by atoms with Gasteiger partial charge in [-0.15, -0.1) is 11.3 Å². The largest absolute Gasteiger partial charge is 0.478 e. The highest BCUT2D eigenvalue weighted by Crippen LogP contribution is 2.23. The van der Waals surface area contributed by atoms with Crippen LogP contribution in [0.4, 0.5) is 9.80 Å². The minimum absolute atomic E-state index is 0.0723. The van der Waals surface area contributed by atoms with E-state index in [0.29, 0.717) is 0 Å². The van der Waals surface area contributed by atoms with E-state index in [1.54, 1.807) is 12.3 Å². The van der Waals surface area contributed by atoms with Gasteiger partial charge in [0.2, 0.25) is 0 Å². The predicted molar refractivity (Wildman–Crippen MR) is 51.9 cm³/mol. The first-order chi connectivity index (χ1) is 6.65. The minimum Gasteiger partial charge on any atom is -0.478 e. The molecule has 0 aliphatic carbocycles. The molecule has 2 N–H and O–H groups in total. The van der Waals surface area contributed by atoms with Gasteiger partial charge in [0.1, 0.15) is 5.00 Å². The van der Waals surface area contributed by atoms with Crippen LogP contribution in [0.1, 0.15) is 17.3 Å². The normalized spacial score (nSPS) is 9.50. The van der Waals surface area contributed by atoms with Crippen LogP contribution in [-0.4, -0.2) is 23.8 Å². The van der Waals surface area contributed by atoms with E-state index in [9.17, 15) is 9.59 Å². The lowest BCUT2D eigenvalue weighted by Crippen LogP contribution is -2.14. The summed E-state index contributed by atoms with van der Waals surface area (Å²) < 4.78 is 4.61. The topological polar surface area (TPSA) is 75.6 Å². The van der Waals surface area contributed by atoms with Crippen LogP contribution in [0.3, 0.4) is 0 Å². The van der Waals surface area contributed by atoms with Crippen LogP contribution in [-0.2, 0) is 4.74 Å². The Labute approximate surface area is 84.3 Å². The average Bonchev–Trinajstić information content (AvgIpc) is 2.52. The first kappa shape index (κ1) is 10.5. The number of carboxylic acids is 1. The Hall–Kier alpha value is -1.56. The van der Waals surface area contributed by atoms with Gasteiger partial charge in [-0.05, 0) is 18.4 Å². The fourth-order valence-corrected chi connectivity index (χ4v) is 1.60. The van der Waals surface area contributed by atoms with Crippen LogP contribution < -0.4 is 5.32 Å². The Morgan fingerprint density at radius 2 is 2.36 bits per heavy atom. The summed E-state index contributed by atoms with van der Waals surface area (Å²) in [6, 6.07) is 1.43. The maximum Gasteiger partial charge on any atom is 0.412 e. The van der Waals surface area contributed by atoms with Gasteiger partial charge in [0.05, 0.1) is 12.2 Å². The lowest BCUT2D eigenvalue weighted by atomic mass is 10.3. The number of nitrogens with one attached hydrogen (secondary N) is 1. The summed E-state index contributed by atoms with van der Waals surface area (Å²) in [4.78, 5) is 21.6. The van der Waals surface area contributed by atoms with Gasteiger partial charge in [-0.1, -0.05) is 0 Å². The molecule has 0 aliphatic rings. The van der Waals surface area contributed by atoms with Gasteiger partial charge in [0, 0.05) is 0 Å². The van der Waals surface area contributed by atoms with Crippen molar-refractivity contribution in [1.29, 1.82) is 0 Å².